The summed E-state index contributed by atoms with van der Waals surface area (Å²) in [6.07, 6.45) is 1.07. The molecular weight excluding hydrogens is 232 g/mol. The molecule has 0 aliphatic heterocycles. The minimum atomic E-state index is 0.0547. The molecule has 0 saturated heterocycles. The van der Waals surface area contributed by atoms with E-state index in [9.17, 15) is 4.79 Å². The molecule has 0 aliphatic rings. The van der Waals surface area contributed by atoms with Gasteiger partial charge in [-0.15, -0.1) is 11.3 Å². The van der Waals surface area contributed by atoms with Gasteiger partial charge in [-0.2, -0.15) is 0 Å². The number of amides is 1. The molecule has 0 spiro atoms. The van der Waals surface area contributed by atoms with Crippen LogP contribution in [0, 0.1) is 0 Å². The third-order valence-corrected chi connectivity index (χ3v) is 3.89. The first kappa shape index (κ1) is 14.2. The lowest BCUT2D eigenvalue weighted by atomic mass is 10.2. The van der Waals surface area contributed by atoms with Gasteiger partial charge in [-0.25, -0.2) is 0 Å². The van der Waals surface area contributed by atoms with Gasteiger partial charge in [0.05, 0.1) is 6.54 Å². The van der Waals surface area contributed by atoms with E-state index < -0.39 is 0 Å². The van der Waals surface area contributed by atoms with E-state index in [1.807, 2.05) is 25.2 Å². The van der Waals surface area contributed by atoms with Crippen molar-refractivity contribution >= 4 is 17.2 Å². The van der Waals surface area contributed by atoms with E-state index in [4.69, 9.17) is 0 Å². The van der Waals surface area contributed by atoms with Crippen LogP contribution < -0.4 is 10.6 Å². The summed E-state index contributed by atoms with van der Waals surface area (Å²) in [4.78, 5) is 14.2. The second-order valence-corrected chi connectivity index (χ2v) is 5.68. The van der Waals surface area contributed by atoms with Crippen molar-refractivity contribution in [2.24, 2.45) is 0 Å². The van der Waals surface area contributed by atoms with Gasteiger partial charge in [0.1, 0.15) is 0 Å². The molecule has 1 atom stereocenters. The predicted molar refractivity (Wildman–Crippen MR) is 73.4 cm³/mol. The summed E-state index contributed by atoms with van der Waals surface area (Å²) >= 11 is 1.81. The molecule has 4 heteroatoms. The second-order valence-electron chi connectivity index (χ2n) is 4.48. The van der Waals surface area contributed by atoms with Crippen molar-refractivity contribution in [2.75, 3.05) is 6.54 Å². The topological polar surface area (TPSA) is 41.1 Å². The van der Waals surface area contributed by atoms with Gasteiger partial charge in [-0.05, 0) is 39.3 Å². The van der Waals surface area contributed by atoms with Crippen LogP contribution in [0.1, 0.15) is 43.5 Å². The van der Waals surface area contributed by atoms with Crippen molar-refractivity contribution in [3.05, 3.63) is 21.9 Å². The maximum absolute atomic E-state index is 11.5. The SMILES string of the molecule is CCc1ccc(C(C)NCC(=O)NC(C)C)s1. The van der Waals surface area contributed by atoms with Crippen molar-refractivity contribution in [1.82, 2.24) is 10.6 Å². The molecule has 0 aromatic carbocycles. The van der Waals surface area contributed by atoms with E-state index >= 15 is 0 Å². The number of hydrogen-bond donors (Lipinski definition) is 2. The number of rotatable bonds is 6. The summed E-state index contributed by atoms with van der Waals surface area (Å²) in [6, 6.07) is 4.74. The molecule has 0 saturated carbocycles. The molecule has 1 amide bonds. The Bertz CT molecular complexity index is 360. The van der Waals surface area contributed by atoms with Crippen LogP contribution in [0.2, 0.25) is 0 Å². The van der Waals surface area contributed by atoms with E-state index in [0.29, 0.717) is 6.54 Å². The fourth-order valence-corrected chi connectivity index (χ4v) is 2.52. The van der Waals surface area contributed by atoms with E-state index in [1.54, 1.807) is 0 Å². The van der Waals surface area contributed by atoms with Crippen LogP contribution >= 0.6 is 11.3 Å². The molecular formula is C13H22N2OS. The standard InChI is InChI=1S/C13H22N2OS/c1-5-11-6-7-12(17-11)10(4)14-8-13(16)15-9(2)3/h6-7,9-10,14H,5,8H2,1-4H3,(H,15,16). The van der Waals surface area contributed by atoms with Crippen LogP contribution in [-0.4, -0.2) is 18.5 Å². The molecule has 2 N–H and O–H groups in total. The first-order valence-electron chi connectivity index (χ1n) is 6.14. The molecule has 0 fully saturated rings. The van der Waals surface area contributed by atoms with Crippen molar-refractivity contribution in [3.63, 3.8) is 0 Å². The molecule has 96 valence electrons. The third kappa shape index (κ3) is 4.88. The van der Waals surface area contributed by atoms with Gasteiger partial charge >= 0.3 is 0 Å². The zero-order valence-electron chi connectivity index (χ0n) is 11.0. The molecule has 0 aliphatic carbocycles. The Morgan fingerprint density at radius 3 is 2.59 bits per heavy atom. The number of thiophene rings is 1. The van der Waals surface area contributed by atoms with Crippen molar-refractivity contribution in [2.45, 2.75) is 46.2 Å². The summed E-state index contributed by atoms with van der Waals surface area (Å²) in [5.74, 6) is 0.0547. The van der Waals surface area contributed by atoms with Gasteiger partial charge in [-0.1, -0.05) is 6.92 Å². The van der Waals surface area contributed by atoms with Gasteiger partial charge in [0.2, 0.25) is 5.91 Å². The highest BCUT2D eigenvalue weighted by atomic mass is 32.1. The molecule has 17 heavy (non-hydrogen) atoms. The van der Waals surface area contributed by atoms with E-state index in [0.717, 1.165) is 6.42 Å². The highest BCUT2D eigenvalue weighted by molar-refractivity contribution is 7.12. The normalized spacial score (nSPS) is 12.8. The van der Waals surface area contributed by atoms with Crippen LogP contribution in [0.4, 0.5) is 0 Å². The number of nitrogens with one attached hydrogen (secondary N) is 2. The van der Waals surface area contributed by atoms with Crippen molar-refractivity contribution < 1.29 is 4.79 Å². The number of hydrogen-bond acceptors (Lipinski definition) is 3. The van der Waals surface area contributed by atoms with E-state index in [2.05, 4.69) is 36.6 Å². The average Bonchev–Trinajstić information content (AvgIpc) is 2.73. The number of carbonyl (C=O) groups is 1. The Morgan fingerprint density at radius 1 is 1.35 bits per heavy atom. The Morgan fingerprint density at radius 2 is 2.06 bits per heavy atom. The average molecular weight is 254 g/mol. The molecule has 0 radical (unpaired) electrons. The van der Waals surface area contributed by atoms with Gasteiger partial charge < -0.3 is 10.6 Å². The molecule has 1 unspecified atom stereocenters. The van der Waals surface area contributed by atoms with E-state index in [1.165, 1.54) is 9.75 Å². The summed E-state index contributed by atoms with van der Waals surface area (Å²) in [5, 5.41) is 6.11. The smallest absolute Gasteiger partial charge is 0.234 e. The van der Waals surface area contributed by atoms with Crippen molar-refractivity contribution in [3.8, 4) is 0 Å². The molecule has 1 aromatic rings. The van der Waals surface area contributed by atoms with Gasteiger partial charge in [0.25, 0.3) is 0 Å². The molecule has 1 aromatic heterocycles. The fourth-order valence-electron chi connectivity index (χ4n) is 1.54. The second kappa shape index (κ2) is 6.77. The third-order valence-electron chi connectivity index (χ3n) is 2.48. The summed E-state index contributed by atoms with van der Waals surface area (Å²) < 4.78 is 0. The lowest BCUT2D eigenvalue weighted by Crippen LogP contribution is -2.38. The maximum atomic E-state index is 11.5. The molecule has 1 rings (SSSR count). The van der Waals surface area contributed by atoms with Crippen LogP contribution in [0.25, 0.3) is 0 Å². The van der Waals surface area contributed by atoms with Gasteiger partial charge in [-0.3, -0.25) is 4.79 Å². The summed E-state index contributed by atoms with van der Waals surface area (Å²) in [5.41, 5.74) is 0. The van der Waals surface area contributed by atoms with Crippen LogP contribution in [0.15, 0.2) is 12.1 Å². The Hall–Kier alpha value is -0.870. The van der Waals surface area contributed by atoms with Crippen LogP contribution in [0.5, 0.6) is 0 Å². The Kier molecular flexibility index (Phi) is 5.65. The zero-order valence-corrected chi connectivity index (χ0v) is 11.9. The largest absolute Gasteiger partial charge is 0.353 e. The Labute approximate surface area is 108 Å². The minimum Gasteiger partial charge on any atom is -0.353 e. The minimum absolute atomic E-state index is 0.0547. The Balaban J connectivity index is 2.39. The van der Waals surface area contributed by atoms with Gasteiger partial charge in [0, 0.05) is 21.8 Å². The highest BCUT2D eigenvalue weighted by Gasteiger charge is 2.10. The molecule has 0 bridgehead atoms. The fraction of sp³-hybridized carbons (Fsp3) is 0.615. The quantitative estimate of drug-likeness (QED) is 0.819. The molecule has 1 heterocycles. The lowest BCUT2D eigenvalue weighted by molar-refractivity contribution is -0.120. The van der Waals surface area contributed by atoms with Crippen LogP contribution in [-0.2, 0) is 11.2 Å². The summed E-state index contributed by atoms with van der Waals surface area (Å²) in [7, 11) is 0. The van der Waals surface area contributed by atoms with Crippen molar-refractivity contribution in [1.29, 1.82) is 0 Å². The zero-order chi connectivity index (χ0) is 12.8. The maximum Gasteiger partial charge on any atom is 0.234 e. The number of carbonyl (C=O) groups excluding carboxylic acids is 1. The lowest BCUT2D eigenvalue weighted by Gasteiger charge is -2.13. The molecule has 3 nitrogen and oxygen atoms in total. The van der Waals surface area contributed by atoms with Crippen LogP contribution in [0.3, 0.4) is 0 Å². The first-order chi connectivity index (χ1) is 8.02. The number of aryl methyl sites for hydroxylation is 1. The highest BCUT2D eigenvalue weighted by Crippen LogP contribution is 2.23. The van der Waals surface area contributed by atoms with Gasteiger partial charge in [0.15, 0.2) is 0 Å². The monoisotopic (exact) mass is 254 g/mol. The predicted octanol–water partition coefficient (Wildman–Crippen LogP) is 2.49. The summed E-state index contributed by atoms with van der Waals surface area (Å²) in [6.45, 7) is 8.55. The first-order valence-corrected chi connectivity index (χ1v) is 6.96. The van der Waals surface area contributed by atoms with E-state index in [-0.39, 0.29) is 18.0 Å².